The van der Waals surface area contributed by atoms with Crippen LogP contribution >= 0.6 is 11.8 Å². The molecule has 2 rings (SSSR count). The number of thioether (sulfide) groups is 1. The van der Waals surface area contributed by atoms with Crippen molar-refractivity contribution in [3.05, 3.63) is 12.2 Å². The average Bonchev–Trinajstić information content (AvgIpc) is 2.33. The number of fused-ring (bicyclic) bond motifs is 1. The smallest absolute Gasteiger partial charge is 0.274 e. The zero-order valence-corrected chi connectivity index (χ0v) is 12.8. The lowest BCUT2D eigenvalue weighted by Crippen LogP contribution is -2.54. The Balaban J connectivity index is 2.26. The summed E-state index contributed by atoms with van der Waals surface area (Å²) in [5.41, 5.74) is 0.895. The molecule has 0 bridgehead atoms. The molecule has 4 heteroatoms. The second-order valence-electron chi connectivity index (χ2n) is 6.06. The van der Waals surface area contributed by atoms with Crippen LogP contribution in [0.1, 0.15) is 46.5 Å². The average molecular weight is 281 g/mol. The first-order valence-electron chi connectivity index (χ1n) is 7.12. The molecular formula is C15H23NO2S. The van der Waals surface area contributed by atoms with Crippen LogP contribution in [0.3, 0.4) is 0 Å². The number of nitrogens with zero attached hydrogens (tertiary/aromatic N) is 1. The minimum absolute atomic E-state index is 0.0372. The lowest BCUT2D eigenvalue weighted by Gasteiger charge is -2.42. The van der Waals surface area contributed by atoms with Gasteiger partial charge in [-0.1, -0.05) is 50.6 Å². The zero-order chi connectivity index (χ0) is 14.2. The fourth-order valence-electron chi connectivity index (χ4n) is 3.31. The molecular weight excluding hydrogens is 258 g/mol. The molecule has 2 aliphatic rings. The number of hydrogen-bond donors (Lipinski definition) is 0. The molecule has 0 aromatic heterocycles. The third-order valence-electron chi connectivity index (χ3n) is 4.12. The van der Waals surface area contributed by atoms with Crippen molar-refractivity contribution in [3.63, 3.8) is 0 Å². The van der Waals surface area contributed by atoms with Crippen LogP contribution in [0.5, 0.6) is 0 Å². The molecule has 2 amide bonds. The van der Waals surface area contributed by atoms with Crippen molar-refractivity contribution in [1.82, 2.24) is 4.90 Å². The van der Waals surface area contributed by atoms with Gasteiger partial charge in [0.25, 0.3) is 5.24 Å². The van der Waals surface area contributed by atoms with E-state index in [2.05, 4.69) is 6.58 Å². The lowest BCUT2D eigenvalue weighted by atomic mass is 9.86. The van der Waals surface area contributed by atoms with Crippen LogP contribution < -0.4 is 0 Å². The fraction of sp³-hybridized carbons (Fsp3) is 0.733. The summed E-state index contributed by atoms with van der Waals surface area (Å²) in [7, 11) is 0. The van der Waals surface area contributed by atoms with Crippen molar-refractivity contribution in [2.24, 2.45) is 11.8 Å². The summed E-state index contributed by atoms with van der Waals surface area (Å²) in [6, 6.07) is -0.157. The van der Waals surface area contributed by atoms with E-state index in [-0.39, 0.29) is 34.3 Å². The SMILES string of the molecule is C=C(C)[C@H](C(C)C)N1C(=O)S[C@@H]2CCCC[C@H]2C1=O. The van der Waals surface area contributed by atoms with Gasteiger partial charge in [-0.2, -0.15) is 0 Å². The van der Waals surface area contributed by atoms with Crippen LogP contribution in [0.2, 0.25) is 0 Å². The van der Waals surface area contributed by atoms with Crippen molar-refractivity contribution in [3.8, 4) is 0 Å². The molecule has 0 N–H and O–H groups in total. The number of imide groups is 1. The van der Waals surface area contributed by atoms with E-state index in [1.54, 1.807) is 0 Å². The highest BCUT2D eigenvalue weighted by Gasteiger charge is 2.46. The first-order chi connectivity index (χ1) is 8.93. The van der Waals surface area contributed by atoms with E-state index in [1.165, 1.54) is 16.7 Å². The quantitative estimate of drug-likeness (QED) is 0.738. The summed E-state index contributed by atoms with van der Waals surface area (Å²) >= 11 is 1.37. The molecule has 0 spiro atoms. The van der Waals surface area contributed by atoms with Crippen molar-refractivity contribution in [2.45, 2.75) is 57.7 Å². The molecule has 0 unspecified atom stereocenters. The third kappa shape index (κ3) is 2.73. The minimum Gasteiger partial charge on any atom is -0.274 e. The molecule has 3 atom stereocenters. The maximum Gasteiger partial charge on any atom is 0.289 e. The van der Waals surface area contributed by atoms with E-state index in [4.69, 9.17) is 0 Å². The highest BCUT2D eigenvalue weighted by atomic mass is 32.2. The maximum atomic E-state index is 12.7. The standard InChI is InChI=1S/C15H23NO2S/c1-9(2)13(10(3)4)16-14(17)11-7-5-6-8-12(11)19-15(16)18/h10-13H,1,5-8H2,2-4H3/t11-,12-,13-/m1/s1. The van der Waals surface area contributed by atoms with E-state index in [1.807, 2.05) is 20.8 Å². The van der Waals surface area contributed by atoms with Gasteiger partial charge < -0.3 is 0 Å². The topological polar surface area (TPSA) is 37.4 Å². The Morgan fingerprint density at radius 1 is 1.32 bits per heavy atom. The Kier molecular flexibility index (Phi) is 4.39. The van der Waals surface area contributed by atoms with E-state index in [0.29, 0.717) is 0 Å². The largest absolute Gasteiger partial charge is 0.289 e. The molecule has 1 heterocycles. The van der Waals surface area contributed by atoms with Gasteiger partial charge in [0, 0.05) is 5.25 Å². The van der Waals surface area contributed by atoms with Crippen LogP contribution in [-0.2, 0) is 4.79 Å². The number of rotatable bonds is 3. The van der Waals surface area contributed by atoms with Crippen molar-refractivity contribution in [1.29, 1.82) is 0 Å². The van der Waals surface area contributed by atoms with E-state index >= 15 is 0 Å². The van der Waals surface area contributed by atoms with Crippen molar-refractivity contribution in [2.75, 3.05) is 0 Å². The van der Waals surface area contributed by atoms with Crippen LogP contribution in [0, 0.1) is 11.8 Å². The second-order valence-corrected chi connectivity index (χ2v) is 7.25. The Bertz CT molecular complexity index is 405. The van der Waals surface area contributed by atoms with Crippen LogP contribution in [0.25, 0.3) is 0 Å². The van der Waals surface area contributed by atoms with Crippen LogP contribution in [-0.4, -0.2) is 27.3 Å². The predicted molar refractivity (Wildman–Crippen MR) is 79.0 cm³/mol. The monoisotopic (exact) mass is 281 g/mol. The summed E-state index contributed by atoms with van der Waals surface area (Å²) in [6.45, 7) is 9.95. The van der Waals surface area contributed by atoms with Gasteiger partial charge in [0.1, 0.15) is 0 Å². The normalized spacial score (nSPS) is 29.4. The molecule has 1 saturated carbocycles. The molecule has 1 aliphatic heterocycles. The lowest BCUT2D eigenvalue weighted by molar-refractivity contribution is -0.135. The van der Waals surface area contributed by atoms with E-state index < -0.39 is 0 Å². The van der Waals surface area contributed by atoms with Gasteiger partial charge in [0.05, 0.1) is 12.0 Å². The van der Waals surface area contributed by atoms with Gasteiger partial charge in [-0.15, -0.1) is 0 Å². The third-order valence-corrected chi connectivity index (χ3v) is 5.39. The first kappa shape index (κ1) is 14.6. The van der Waals surface area contributed by atoms with Gasteiger partial charge >= 0.3 is 0 Å². The number of hydrogen-bond acceptors (Lipinski definition) is 3. The van der Waals surface area contributed by atoms with E-state index in [9.17, 15) is 9.59 Å². The van der Waals surface area contributed by atoms with Crippen LogP contribution in [0.15, 0.2) is 12.2 Å². The predicted octanol–water partition coefficient (Wildman–Crippen LogP) is 3.84. The van der Waals surface area contributed by atoms with Gasteiger partial charge in [-0.05, 0) is 25.7 Å². The Hall–Kier alpha value is -0.770. The van der Waals surface area contributed by atoms with Gasteiger partial charge in [-0.25, -0.2) is 0 Å². The molecule has 0 aromatic carbocycles. The number of carbonyl (C=O) groups excluding carboxylic acids is 2. The zero-order valence-electron chi connectivity index (χ0n) is 12.0. The van der Waals surface area contributed by atoms with E-state index in [0.717, 1.165) is 31.3 Å². The summed E-state index contributed by atoms with van der Waals surface area (Å²) in [5.74, 6) is 0.290. The Labute approximate surface area is 119 Å². The molecule has 1 saturated heterocycles. The number of carbonyl (C=O) groups is 2. The first-order valence-corrected chi connectivity index (χ1v) is 8.00. The molecule has 1 aliphatic carbocycles. The number of amides is 2. The molecule has 2 fully saturated rings. The fourth-order valence-corrected chi connectivity index (χ4v) is 4.59. The highest BCUT2D eigenvalue weighted by Crippen LogP contribution is 2.41. The van der Waals surface area contributed by atoms with Crippen molar-refractivity contribution >= 4 is 22.9 Å². The Morgan fingerprint density at radius 3 is 2.53 bits per heavy atom. The summed E-state index contributed by atoms with van der Waals surface area (Å²) in [4.78, 5) is 26.5. The molecule has 0 aromatic rings. The molecule has 0 radical (unpaired) electrons. The second kappa shape index (κ2) is 5.70. The maximum absolute atomic E-state index is 12.7. The minimum atomic E-state index is -0.157. The van der Waals surface area contributed by atoms with Crippen molar-refractivity contribution < 1.29 is 9.59 Å². The van der Waals surface area contributed by atoms with Gasteiger partial charge in [-0.3, -0.25) is 14.5 Å². The molecule has 106 valence electrons. The summed E-state index contributed by atoms with van der Waals surface area (Å²) < 4.78 is 0. The van der Waals surface area contributed by atoms with Gasteiger partial charge in [0.2, 0.25) is 5.91 Å². The highest BCUT2D eigenvalue weighted by molar-refractivity contribution is 8.14. The molecule has 19 heavy (non-hydrogen) atoms. The van der Waals surface area contributed by atoms with Crippen LogP contribution in [0.4, 0.5) is 4.79 Å². The Morgan fingerprint density at radius 2 is 1.95 bits per heavy atom. The summed E-state index contributed by atoms with van der Waals surface area (Å²) in [6.07, 6.45) is 4.18. The van der Waals surface area contributed by atoms with Gasteiger partial charge in [0.15, 0.2) is 0 Å². The summed E-state index contributed by atoms with van der Waals surface area (Å²) in [5, 5.41) is 0.137. The molecule has 3 nitrogen and oxygen atoms in total.